The van der Waals surface area contributed by atoms with E-state index in [1.807, 2.05) is 0 Å². The highest BCUT2D eigenvalue weighted by atomic mass is 32.2. The number of carboxylic acid groups (broad SMARTS) is 1. The van der Waals surface area contributed by atoms with Crippen molar-refractivity contribution >= 4 is 61.9 Å². The van der Waals surface area contributed by atoms with Gasteiger partial charge in [0.15, 0.2) is 0 Å². The lowest BCUT2D eigenvalue weighted by Crippen LogP contribution is -2.44. The number of hydrogen-bond donors (Lipinski definition) is 5. The molecule has 1 aromatic heterocycles. The van der Waals surface area contributed by atoms with E-state index in [0.29, 0.717) is 28.2 Å². The zero-order valence-electron chi connectivity index (χ0n) is 27.4. The zero-order valence-corrected chi connectivity index (χ0v) is 28.2. The predicted molar refractivity (Wildman–Crippen MR) is 184 cm³/mol. The van der Waals surface area contributed by atoms with Gasteiger partial charge in [-0.1, -0.05) is 18.2 Å². The molecular formula is C35H33FN4O10S. The van der Waals surface area contributed by atoms with Crippen LogP contribution < -0.4 is 20.3 Å². The van der Waals surface area contributed by atoms with Crippen LogP contribution in [-0.2, 0) is 35.7 Å². The number of halogens is 1. The van der Waals surface area contributed by atoms with Crippen molar-refractivity contribution in [1.29, 1.82) is 0 Å². The molecule has 0 aliphatic heterocycles. The molecule has 1 saturated carbocycles. The first kappa shape index (κ1) is 36.3. The minimum absolute atomic E-state index is 0.0437. The van der Waals surface area contributed by atoms with Crippen LogP contribution in [0.1, 0.15) is 45.8 Å². The molecule has 0 saturated heterocycles. The second-order valence-corrected chi connectivity index (χ2v) is 13.7. The summed E-state index contributed by atoms with van der Waals surface area (Å²) in [6.45, 7) is -1.23. The van der Waals surface area contributed by atoms with Gasteiger partial charge in [-0.05, 0) is 66.3 Å². The Kier molecular flexibility index (Phi) is 10.5. The fourth-order valence-corrected chi connectivity index (χ4v) is 6.23. The summed E-state index contributed by atoms with van der Waals surface area (Å²) in [7, 11) is -2.62. The molecule has 51 heavy (non-hydrogen) atoms. The Bertz CT molecular complexity index is 2190. The van der Waals surface area contributed by atoms with Gasteiger partial charge in [0, 0.05) is 42.2 Å². The molecule has 266 valence electrons. The van der Waals surface area contributed by atoms with E-state index < -0.39 is 64.2 Å². The maximum atomic E-state index is 13.7. The SMILES string of the molecule is CNC(=O)c1c(-c2ccc(F)cc2)oc2cc(N(CC(=O)NCC(=O)NCc3cccc(/C(O)=C/C(=O)C(=O)O)c3)S(C)(=O)=O)c(C3CC3)cc12. The highest BCUT2D eigenvalue weighted by Gasteiger charge is 2.34. The number of aliphatic carboxylic acids is 1. The number of sulfonamides is 1. The maximum absolute atomic E-state index is 13.7. The van der Waals surface area contributed by atoms with E-state index in [1.54, 1.807) is 12.1 Å². The minimum Gasteiger partial charge on any atom is -0.507 e. The maximum Gasteiger partial charge on any atom is 0.376 e. The van der Waals surface area contributed by atoms with E-state index in [4.69, 9.17) is 9.52 Å². The first-order chi connectivity index (χ1) is 24.2. The molecule has 5 N–H and O–H groups in total. The van der Waals surface area contributed by atoms with Crippen LogP contribution in [0.3, 0.4) is 0 Å². The van der Waals surface area contributed by atoms with E-state index in [0.717, 1.165) is 23.4 Å². The third-order valence-electron chi connectivity index (χ3n) is 8.01. The van der Waals surface area contributed by atoms with Gasteiger partial charge in [0.1, 0.15) is 29.5 Å². The number of aliphatic hydroxyl groups is 1. The van der Waals surface area contributed by atoms with Crippen molar-refractivity contribution in [2.45, 2.75) is 25.3 Å². The molecule has 1 aliphatic carbocycles. The van der Waals surface area contributed by atoms with E-state index in [-0.39, 0.29) is 40.6 Å². The number of nitrogens with zero attached hydrogens (tertiary/aromatic N) is 1. The van der Waals surface area contributed by atoms with Crippen LogP contribution in [0.5, 0.6) is 0 Å². The predicted octanol–water partition coefficient (Wildman–Crippen LogP) is 3.23. The van der Waals surface area contributed by atoms with Crippen molar-refractivity contribution < 1.29 is 51.4 Å². The van der Waals surface area contributed by atoms with Crippen molar-refractivity contribution in [3.05, 3.63) is 94.8 Å². The molecule has 1 aliphatic rings. The molecule has 1 heterocycles. The van der Waals surface area contributed by atoms with Gasteiger partial charge < -0.3 is 30.6 Å². The van der Waals surface area contributed by atoms with Crippen molar-refractivity contribution in [1.82, 2.24) is 16.0 Å². The highest BCUT2D eigenvalue weighted by Crippen LogP contribution is 2.48. The van der Waals surface area contributed by atoms with Crippen molar-refractivity contribution in [3.63, 3.8) is 0 Å². The molecule has 3 aromatic carbocycles. The monoisotopic (exact) mass is 720 g/mol. The average molecular weight is 721 g/mol. The first-order valence-electron chi connectivity index (χ1n) is 15.5. The molecule has 16 heteroatoms. The Hall–Kier alpha value is -6.03. The number of anilines is 1. The molecule has 14 nitrogen and oxygen atoms in total. The van der Waals surface area contributed by atoms with Crippen molar-refractivity contribution in [2.24, 2.45) is 0 Å². The van der Waals surface area contributed by atoms with Gasteiger partial charge in [0.2, 0.25) is 21.8 Å². The summed E-state index contributed by atoms with van der Waals surface area (Å²) in [5, 5.41) is 26.8. The number of carbonyl (C=O) groups excluding carboxylic acids is 4. The van der Waals surface area contributed by atoms with Crippen LogP contribution in [0, 0.1) is 5.82 Å². The molecule has 5 rings (SSSR count). The summed E-state index contributed by atoms with van der Waals surface area (Å²) < 4.78 is 46.9. The van der Waals surface area contributed by atoms with Gasteiger partial charge in [0.25, 0.3) is 11.7 Å². The Morgan fingerprint density at radius 2 is 1.69 bits per heavy atom. The Morgan fingerprint density at radius 3 is 2.31 bits per heavy atom. The van der Waals surface area contributed by atoms with Crippen LogP contribution in [0.25, 0.3) is 28.1 Å². The molecule has 0 spiro atoms. The first-order valence-corrected chi connectivity index (χ1v) is 17.4. The van der Waals surface area contributed by atoms with Gasteiger partial charge in [-0.2, -0.15) is 0 Å². The summed E-state index contributed by atoms with van der Waals surface area (Å²) in [6.07, 6.45) is 3.00. The number of fused-ring (bicyclic) bond motifs is 1. The number of aliphatic hydroxyl groups excluding tert-OH is 1. The number of carboxylic acids is 1. The lowest BCUT2D eigenvalue weighted by molar-refractivity contribution is -0.146. The van der Waals surface area contributed by atoms with Crippen LogP contribution in [0.15, 0.2) is 71.2 Å². The Balaban J connectivity index is 1.33. The second-order valence-electron chi connectivity index (χ2n) is 11.8. The Labute approximate surface area is 291 Å². The third kappa shape index (κ3) is 8.59. The van der Waals surface area contributed by atoms with Gasteiger partial charge >= 0.3 is 5.97 Å². The topological polar surface area (TPSA) is 212 Å². The quantitative estimate of drug-likeness (QED) is 0.0729. The lowest BCUT2D eigenvalue weighted by atomic mass is 10.0. The largest absolute Gasteiger partial charge is 0.507 e. The zero-order chi connectivity index (χ0) is 37.0. The van der Waals surface area contributed by atoms with Gasteiger partial charge in [0.05, 0.1) is 24.1 Å². The molecule has 0 bridgehead atoms. The van der Waals surface area contributed by atoms with E-state index in [2.05, 4.69) is 16.0 Å². The highest BCUT2D eigenvalue weighted by molar-refractivity contribution is 7.92. The number of amides is 3. The van der Waals surface area contributed by atoms with Crippen LogP contribution in [-0.4, -0.2) is 74.5 Å². The fourth-order valence-electron chi connectivity index (χ4n) is 5.36. The van der Waals surface area contributed by atoms with Gasteiger partial charge in [-0.15, -0.1) is 0 Å². The van der Waals surface area contributed by atoms with Crippen LogP contribution in [0.2, 0.25) is 0 Å². The number of benzene rings is 3. The van der Waals surface area contributed by atoms with E-state index in [1.165, 1.54) is 55.6 Å². The summed E-state index contributed by atoms with van der Waals surface area (Å²) in [5.41, 5.74) is 2.18. The van der Waals surface area contributed by atoms with Gasteiger partial charge in [-0.3, -0.25) is 23.5 Å². The smallest absolute Gasteiger partial charge is 0.376 e. The van der Waals surface area contributed by atoms with Crippen molar-refractivity contribution in [3.8, 4) is 11.3 Å². The molecule has 0 radical (unpaired) electrons. The van der Waals surface area contributed by atoms with Crippen LogP contribution in [0.4, 0.5) is 10.1 Å². The molecule has 0 atom stereocenters. The summed E-state index contributed by atoms with van der Waals surface area (Å²) in [6, 6.07) is 14.5. The normalized spacial score (nSPS) is 13.0. The van der Waals surface area contributed by atoms with Gasteiger partial charge in [-0.25, -0.2) is 17.6 Å². The molecule has 4 aromatic rings. The minimum atomic E-state index is -4.07. The molecule has 0 unspecified atom stereocenters. The average Bonchev–Trinajstić information content (AvgIpc) is 3.88. The third-order valence-corrected chi connectivity index (χ3v) is 9.13. The number of carbonyl (C=O) groups is 5. The molecular weight excluding hydrogens is 687 g/mol. The van der Waals surface area contributed by atoms with E-state index in [9.17, 15) is 41.9 Å². The summed E-state index contributed by atoms with van der Waals surface area (Å²) in [5.74, 6) is -5.85. The molecule has 1 fully saturated rings. The van der Waals surface area contributed by atoms with Crippen LogP contribution >= 0.6 is 0 Å². The number of rotatable bonds is 14. The number of hydrogen-bond acceptors (Lipinski definition) is 9. The fraction of sp³-hybridized carbons (Fsp3) is 0.229. The standard InChI is InChI=1S/C35H33FN4O10S/c1-37-34(45)32-25-13-24(20-6-7-20)26(14-29(25)50-33(32)21-8-10-23(36)11-9-21)40(51(2,48)49)18-31(44)39-17-30(43)38-16-19-4-3-5-22(12-19)27(41)15-28(42)35(46)47/h3-5,8-15,20,41H,6-7,16-18H2,1-2H3,(H,37,45)(H,38,43)(H,39,44)(H,46,47)/b27-15-. The van der Waals surface area contributed by atoms with E-state index >= 15 is 0 Å². The number of nitrogens with one attached hydrogen (secondary N) is 3. The summed E-state index contributed by atoms with van der Waals surface area (Å²) in [4.78, 5) is 60.8. The number of ketones is 1. The second kappa shape index (κ2) is 14.8. The Morgan fingerprint density at radius 1 is 0.980 bits per heavy atom. The molecule has 3 amide bonds. The summed E-state index contributed by atoms with van der Waals surface area (Å²) >= 11 is 0. The lowest BCUT2D eigenvalue weighted by Gasteiger charge is -2.24. The van der Waals surface area contributed by atoms with Crippen molar-refractivity contribution in [2.75, 3.05) is 30.7 Å². The number of furan rings is 1.